The summed E-state index contributed by atoms with van der Waals surface area (Å²) in [5.41, 5.74) is 1.13. The van der Waals surface area contributed by atoms with Crippen LogP contribution in [-0.2, 0) is 17.8 Å². The highest BCUT2D eigenvalue weighted by atomic mass is 35.5. The van der Waals surface area contributed by atoms with Crippen molar-refractivity contribution in [3.8, 4) is 0 Å². The molecule has 2 heterocycles. The van der Waals surface area contributed by atoms with Gasteiger partial charge in [0, 0.05) is 53.7 Å². The fraction of sp³-hybridized carbons (Fsp3) is 0.625. The molecule has 0 bridgehead atoms. The molecule has 2 rings (SSSR count). The van der Waals surface area contributed by atoms with Crippen molar-refractivity contribution in [2.45, 2.75) is 6.04 Å². The second kappa shape index (κ2) is 6.48. The molecule has 1 saturated heterocycles. The van der Waals surface area contributed by atoms with Gasteiger partial charge in [-0.05, 0) is 0 Å². The summed E-state index contributed by atoms with van der Waals surface area (Å²) < 4.78 is 13.1. The van der Waals surface area contributed by atoms with Gasteiger partial charge in [0.25, 0.3) is 0 Å². The van der Waals surface area contributed by atoms with Crippen LogP contribution in [0.5, 0.6) is 0 Å². The third kappa shape index (κ3) is 3.75. The smallest absolute Gasteiger partial charge is 0.0537 e. The van der Waals surface area contributed by atoms with E-state index in [0.717, 1.165) is 17.9 Å². The van der Waals surface area contributed by atoms with Crippen LogP contribution in [0.25, 0.3) is 0 Å². The zero-order valence-electron chi connectivity index (χ0n) is 8.38. The molecule has 15 heavy (non-hydrogen) atoms. The molecule has 0 amide bonds. The van der Waals surface area contributed by atoms with Gasteiger partial charge in [-0.2, -0.15) is 5.10 Å². The zero-order chi connectivity index (χ0) is 9.26. The van der Waals surface area contributed by atoms with E-state index in [2.05, 4.69) is 10.4 Å². The SMILES string of the molecule is Cl.Cl.Cn1cc(C2CS(=O)CCN2)cn1. The van der Waals surface area contributed by atoms with Crippen molar-refractivity contribution >= 4 is 35.6 Å². The summed E-state index contributed by atoms with van der Waals surface area (Å²) in [6.07, 6.45) is 3.81. The second-order valence-corrected chi connectivity index (χ2v) is 4.89. The van der Waals surface area contributed by atoms with Crippen LogP contribution < -0.4 is 5.32 Å². The van der Waals surface area contributed by atoms with Crippen LogP contribution >= 0.6 is 24.8 Å². The van der Waals surface area contributed by atoms with Crippen LogP contribution in [0.15, 0.2) is 12.4 Å². The van der Waals surface area contributed by atoms with Crippen molar-refractivity contribution in [3.63, 3.8) is 0 Å². The second-order valence-electron chi connectivity index (χ2n) is 3.26. The molecule has 1 aliphatic rings. The maximum absolute atomic E-state index is 11.3. The molecule has 1 N–H and O–H groups in total. The van der Waals surface area contributed by atoms with Gasteiger partial charge in [0.05, 0.1) is 6.20 Å². The maximum Gasteiger partial charge on any atom is 0.0537 e. The molecule has 1 aliphatic heterocycles. The molecule has 0 spiro atoms. The Morgan fingerprint density at radius 1 is 1.60 bits per heavy atom. The molecule has 2 atom stereocenters. The van der Waals surface area contributed by atoms with Crippen molar-refractivity contribution in [2.75, 3.05) is 18.1 Å². The van der Waals surface area contributed by atoms with Gasteiger partial charge < -0.3 is 5.32 Å². The summed E-state index contributed by atoms with van der Waals surface area (Å²) in [7, 11) is 1.23. The molecule has 0 radical (unpaired) electrons. The predicted octanol–water partition coefficient (Wildman–Crippen LogP) is 0.657. The van der Waals surface area contributed by atoms with Crippen molar-refractivity contribution in [1.82, 2.24) is 15.1 Å². The summed E-state index contributed by atoms with van der Waals surface area (Å²) in [6, 6.07) is 0.225. The minimum absolute atomic E-state index is 0. The van der Waals surface area contributed by atoms with Crippen molar-refractivity contribution in [2.24, 2.45) is 7.05 Å². The Labute approximate surface area is 104 Å². The van der Waals surface area contributed by atoms with Gasteiger partial charge >= 0.3 is 0 Å². The van der Waals surface area contributed by atoms with Crippen LogP contribution in [0.2, 0.25) is 0 Å². The van der Waals surface area contributed by atoms with E-state index in [9.17, 15) is 4.21 Å². The zero-order valence-corrected chi connectivity index (χ0v) is 10.8. The van der Waals surface area contributed by atoms with E-state index in [4.69, 9.17) is 0 Å². The van der Waals surface area contributed by atoms with Gasteiger partial charge in [0.15, 0.2) is 0 Å². The lowest BCUT2D eigenvalue weighted by Gasteiger charge is -2.21. The molecule has 0 aliphatic carbocycles. The first-order valence-corrected chi connectivity index (χ1v) is 5.81. The van der Waals surface area contributed by atoms with E-state index < -0.39 is 10.8 Å². The Hall–Kier alpha value is -0.100. The number of hydrogen-bond donors (Lipinski definition) is 1. The summed E-state index contributed by atoms with van der Waals surface area (Å²) in [6.45, 7) is 0.839. The minimum Gasteiger partial charge on any atom is -0.308 e. The first-order valence-electron chi connectivity index (χ1n) is 4.32. The summed E-state index contributed by atoms with van der Waals surface area (Å²) in [5, 5.41) is 7.43. The van der Waals surface area contributed by atoms with E-state index in [1.807, 2.05) is 19.4 Å². The number of aromatic nitrogens is 2. The van der Waals surface area contributed by atoms with E-state index in [1.165, 1.54) is 0 Å². The molecular formula is C8H15Cl2N3OS. The molecule has 0 saturated carbocycles. The quantitative estimate of drug-likeness (QED) is 0.817. The van der Waals surface area contributed by atoms with Crippen molar-refractivity contribution in [1.29, 1.82) is 0 Å². The molecule has 1 aromatic rings. The standard InChI is InChI=1S/C8H13N3OS.2ClH/c1-11-5-7(4-10-11)8-6-13(12)3-2-9-8;;/h4-5,8-9H,2-3,6H2,1H3;2*1H. The third-order valence-electron chi connectivity index (χ3n) is 2.20. The van der Waals surface area contributed by atoms with Crippen LogP contribution in [0.1, 0.15) is 11.6 Å². The lowest BCUT2D eigenvalue weighted by atomic mass is 10.2. The van der Waals surface area contributed by atoms with Gasteiger partial charge in [-0.1, -0.05) is 0 Å². The fourth-order valence-electron chi connectivity index (χ4n) is 1.51. The van der Waals surface area contributed by atoms with Crippen LogP contribution in [-0.4, -0.2) is 32.0 Å². The normalized spacial score (nSPS) is 25.1. The highest BCUT2D eigenvalue weighted by Gasteiger charge is 2.20. The number of nitrogens with zero attached hydrogens (tertiary/aromatic N) is 2. The molecule has 1 fully saturated rings. The third-order valence-corrected chi connectivity index (χ3v) is 3.56. The first-order chi connectivity index (χ1) is 6.25. The monoisotopic (exact) mass is 271 g/mol. The summed E-state index contributed by atoms with van der Waals surface area (Å²) in [4.78, 5) is 0. The van der Waals surface area contributed by atoms with Crippen molar-refractivity contribution in [3.05, 3.63) is 18.0 Å². The van der Waals surface area contributed by atoms with Gasteiger partial charge in [-0.15, -0.1) is 24.8 Å². The molecule has 4 nitrogen and oxygen atoms in total. The Balaban J connectivity index is 0.000000980. The van der Waals surface area contributed by atoms with Crippen LogP contribution in [0, 0.1) is 0 Å². The Kier molecular flexibility index (Phi) is 6.43. The molecule has 88 valence electrons. The number of halogens is 2. The van der Waals surface area contributed by atoms with Gasteiger partial charge in [-0.3, -0.25) is 8.89 Å². The lowest BCUT2D eigenvalue weighted by molar-refractivity contribution is 0.571. The molecule has 2 unspecified atom stereocenters. The van der Waals surface area contributed by atoms with Crippen LogP contribution in [0.4, 0.5) is 0 Å². The number of rotatable bonds is 1. The average molecular weight is 272 g/mol. The van der Waals surface area contributed by atoms with Crippen molar-refractivity contribution < 1.29 is 4.21 Å². The Bertz CT molecular complexity index is 331. The average Bonchev–Trinajstić information content (AvgIpc) is 2.52. The topological polar surface area (TPSA) is 46.9 Å². The van der Waals surface area contributed by atoms with Gasteiger partial charge in [0.2, 0.25) is 0 Å². The number of aryl methyl sites for hydroxylation is 1. The minimum atomic E-state index is -0.661. The Morgan fingerprint density at radius 2 is 2.33 bits per heavy atom. The molecule has 0 aromatic carbocycles. The summed E-state index contributed by atoms with van der Waals surface area (Å²) in [5.74, 6) is 1.49. The first kappa shape index (κ1) is 14.9. The number of hydrogen-bond acceptors (Lipinski definition) is 3. The number of nitrogens with one attached hydrogen (secondary N) is 1. The Morgan fingerprint density at radius 3 is 2.87 bits per heavy atom. The maximum atomic E-state index is 11.3. The van der Waals surface area contributed by atoms with Crippen LogP contribution in [0.3, 0.4) is 0 Å². The highest BCUT2D eigenvalue weighted by Crippen LogP contribution is 2.15. The molecule has 1 aromatic heterocycles. The lowest BCUT2D eigenvalue weighted by Crippen LogP contribution is -2.36. The van der Waals surface area contributed by atoms with E-state index in [0.29, 0.717) is 5.75 Å². The van der Waals surface area contributed by atoms with Gasteiger partial charge in [0.1, 0.15) is 0 Å². The van der Waals surface area contributed by atoms with E-state index >= 15 is 0 Å². The summed E-state index contributed by atoms with van der Waals surface area (Å²) >= 11 is 0. The van der Waals surface area contributed by atoms with E-state index in [-0.39, 0.29) is 30.9 Å². The highest BCUT2D eigenvalue weighted by molar-refractivity contribution is 7.85. The predicted molar refractivity (Wildman–Crippen MR) is 66.3 cm³/mol. The largest absolute Gasteiger partial charge is 0.308 e. The molecular weight excluding hydrogens is 257 g/mol. The molecule has 7 heteroatoms. The van der Waals surface area contributed by atoms with E-state index in [1.54, 1.807) is 4.68 Å². The van der Waals surface area contributed by atoms with Gasteiger partial charge in [-0.25, -0.2) is 0 Å². The fourth-order valence-corrected chi connectivity index (χ4v) is 2.70.